The zero-order chi connectivity index (χ0) is 9.35. The second kappa shape index (κ2) is 3.00. The van der Waals surface area contributed by atoms with Gasteiger partial charge < -0.3 is 0 Å². The molecule has 12 heavy (non-hydrogen) atoms. The fourth-order valence-corrected chi connectivity index (χ4v) is 1.42. The highest BCUT2D eigenvalue weighted by Crippen LogP contribution is 2.32. The van der Waals surface area contributed by atoms with E-state index in [1.807, 2.05) is 6.08 Å². The largest absolute Gasteiger partial charge is 0.295 e. The number of carbonyl (C=O) groups excluding carboxylic acids is 1. The highest BCUT2D eigenvalue weighted by molar-refractivity contribution is 5.95. The zero-order valence-electron chi connectivity index (χ0n) is 7.86. The van der Waals surface area contributed by atoms with Crippen molar-refractivity contribution >= 4 is 5.78 Å². The third-order valence-corrected chi connectivity index (χ3v) is 2.55. The number of carbonyl (C=O) groups is 1. The molecule has 0 aromatic carbocycles. The normalized spacial score (nSPS) is 25.5. The number of rotatable bonds is 1. The minimum Gasteiger partial charge on any atom is -0.295 e. The first-order valence-corrected chi connectivity index (χ1v) is 4.30. The maximum Gasteiger partial charge on any atom is 0.158 e. The van der Waals surface area contributed by atoms with Gasteiger partial charge in [0, 0.05) is 12.3 Å². The summed E-state index contributed by atoms with van der Waals surface area (Å²) in [6, 6.07) is 0. The lowest BCUT2D eigenvalue weighted by atomic mass is 9.80. The quantitative estimate of drug-likeness (QED) is 0.591. The first kappa shape index (κ1) is 9.43. The van der Waals surface area contributed by atoms with E-state index < -0.39 is 5.67 Å². The highest BCUT2D eigenvalue weighted by Gasteiger charge is 2.32. The standard InChI is InChI=1S/C10H15FO/c1-7-4-5-8(6-9(7)12)10(2,3)11/h4,8H,5-6H2,1-3H3/t8-/m0/s1. The average molecular weight is 170 g/mol. The molecule has 0 saturated carbocycles. The van der Waals surface area contributed by atoms with Gasteiger partial charge in [0.1, 0.15) is 5.67 Å². The molecule has 68 valence electrons. The van der Waals surface area contributed by atoms with Crippen LogP contribution >= 0.6 is 0 Å². The van der Waals surface area contributed by atoms with E-state index in [-0.39, 0.29) is 11.7 Å². The van der Waals surface area contributed by atoms with E-state index in [4.69, 9.17) is 0 Å². The molecule has 0 aromatic heterocycles. The molecule has 0 unspecified atom stereocenters. The van der Waals surface area contributed by atoms with Crippen LogP contribution in [0, 0.1) is 5.92 Å². The second-order valence-corrected chi connectivity index (χ2v) is 4.01. The molecule has 0 radical (unpaired) electrons. The molecule has 0 aromatic rings. The Morgan fingerprint density at radius 2 is 2.17 bits per heavy atom. The summed E-state index contributed by atoms with van der Waals surface area (Å²) in [6.07, 6.45) is 2.91. The lowest BCUT2D eigenvalue weighted by molar-refractivity contribution is -0.118. The van der Waals surface area contributed by atoms with Gasteiger partial charge in [-0.1, -0.05) is 6.08 Å². The van der Waals surface area contributed by atoms with Crippen molar-refractivity contribution in [3.05, 3.63) is 11.6 Å². The van der Waals surface area contributed by atoms with Crippen molar-refractivity contribution in [1.82, 2.24) is 0 Å². The summed E-state index contributed by atoms with van der Waals surface area (Å²) in [4.78, 5) is 11.2. The zero-order valence-corrected chi connectivity index (χ0v) is 7.86. The molecule has 0 heterocycles. The van der Waals surface area contributed by atoms with Gasteiger partial charge in [0.15, 0.2) is 5.78 Å². The van der Waals surface area contributed by atoms with Crippen LogP contribution in [-0.4, -0.2) is 11.5 Å². The fraction of sp³-hybridized carbons (Fsp3) is 0.700. The topological polar surface area (TPSA) is 17.1 Å². The minimum absolute atomic E-state index is 0.0944. The summed E-state index contributed by atoms with van der Waals surface area (Å²) in [5, 5.41) is 0. The second-order valence-electron chi connectivity index (χ2n) is 4.01. The predicted octanol–water partition coefficient (Wildman–Crippen LogP) is 2.66. The van der Waals surface area contributed by atoms with Gasteiger partial charge in [-0.2, -0.15) is 0 Å². The van der Waals surface area contributed by atoms with E-state index in [9.17, 15) is 9.18 Å². The number of allylic oxidation sites excluding steroid dienone is 2. The molecule has 2 heteroatoms. The Labute approximate surface area is 72.7 Å². The Kier molecular flexibility index (Phi) is 2.36. The van der Waals surface area contributed by atoms with E-state index in [1.165, 1.54) is 0 Å². The minimum atomic E-state index is -1.23. The van der Waals surface area contributed by atoms with Crippen molar-refractivity contribution in [3.8, 4) is 0 Å². The van der Waals surface area contributed by atoms with Crippen LogP contribution in [0.3, 0.4) is 0 Å². The van der Waals surface area contributed by atoms with Crippen LogP contribution in [0.5, 0.6) is 0 Å². The monoisotopic (exact) mass is 170 g/mol. The first-order valence-electron chi connectivity index (χ1n) is 4.30. The molecule has 1 nitrogen and oxygen atoms in total. The van der Waals surface area contributed by atoms with Gasteiger partial charge in [-0.05, 0) is 32.8 Å². The summed E-state index contributed by atoms with van der Waals surface area (Å²) in [7, 11) is 0. The maximum atomic E-state index is 13.4. The molecular formula is C10H15FO. The maximum absolute atomic E-state index is 13.4. The van der Waals surface area contributed by atoms with Crippen molar-refractivity contribution in [2.45, 2.75) is 39.3 Å². The van der Waals surface area contributed by atoms with Gasteiger partial charge in [-0.15, -0.1) is 0 Å². The molecule has 1 rings (SSSR count). The van der Waals surface area contributed by atoms with Crippen molar-refractivity contribution in [3.63, 3.8) is 0 Å². The van der Waals surface area contributed by atoms with E-state index >= 15 is 0 Å². The number of Topliss-reactive ketones (excluding diaryl/α,β-unsaturated/α-hetero) is 1. The third-order valence-electron chi connectivity index (χ3n) is 2.55. The Hall–Kier alpha value is -0.660. The number of hydrogen-bond donors (Lipinski definition) is 0. The molecule has 1 atom stereocenters. The third kappa shape index (κ3) is 1.93. The van der Waals surface area contributed by atoms with Gasteiger partial charge >= 0.3 is 0 Å². The average Bonchev–Trinajstić information content (AvgIpc) is 1.92. The van der Waals surface area contributed by atoms with Crippen LogP contribution in [0.1, 0.15) is 33.6 Å². The molecular weight excluding hydrogens is 155 g/mol. The van der Waals surface area contributed by atoms with Gasteiger partial charge in [-0.3, -0.25) is 4.79 Å². The molecule has 0 aliphatic heterocycles. The molecule has 0 saturated heterocycles. The van der Waals surface area contributed by atoms with E-state index in [0.29, 0.717) is 12.8 Å². The molecule has 0 bridgehead atoms. The summed E-state index contributed by atoms with van der Waals surface area (Å²) < 4.78 is 13.4. The summed E-state index contributed by atoms with van der Waals surface area (Å²) in [6.45, 7) is 4.88. The van der Waals surface area contributed by atoms with Gasteiger partial charge in [-0.25, -0.2) is 4.39 Å². The van der Waals surface area contributed by atoms with E-state index in [1.54, 1.807) is 20.8 Å². The number of alkyl halides is 1. The fourth-order valence-electron chi connectivity index (χ4n) is 1.42. The molecule has 0 N–H and O–H groups in total. The first-order chi connectivity index (χ1) is 5.41. The predicted molar refractivity (Wildman–Crippen MR) is 46.7 cm³/mol. The number of hydrogen-bond acceptors (Lipinski definition) is 1. The lowest BCUT2D eigenvalue weighted by Crippen LogP contribution is -2.30. The molecule has 0 spiro atoms. The Balaban J connectivity index is 2.72. The van der Waals surface area contributed by atoms with Gasteiger partial charge in [0.2, 0.25) is 0 Å². The van der Waals surface area contributed by atoms with Crippen LogP contribution in [0.4, 0.5) is 4.39 Å². The molecule has 1 aliphatic carbocycles. The van der Waals surface area contributed by atoms with Crippen molar-refractivity contribution in [2.24, 2.45) is 5.92 Å². The smallest absolute Gasteiger partial charge is 0.158 e. The van der Waals surface area contributed by atoms with Gasteiger partial charge in [0.25, 0.3) is 0 Å². The van der Waals surface area contributed by atoms with Crippen molar-refractivity contribution in [2.75, 3.05) is 0 Å². The summed E-state index contributed by atoms with van der Waals surface area (Å²) in [5.74, 6) is -0.0364. The molecule has 0 fully saturated rings. The van der Waals surface area contributed by atoms with Crippen LogP contribution < -0.4 is 0 Å². The number of halogens is 1. The van der Waals surface area contributed by atoms with E-state index in [2.05, 4.69) is 0 Å². The van der Waals surface area contributed by atoms with Gasteiger partial charge in [0.05, 0.1) is 0 Å². The van der Waals surface area contributed by atoms with E-state index in [0.717, 1.165) is 5.57 Å². The molecule has 0 amide bonds. The summed E-state index contributed by atoms with van der Waals surface area (Å²) >= 11 is 0. The van der Waals surface area contributed by atoms with Crippen molar-refractivity contribution in [1.29, 1.82) is 0 Å². The Morgan fingerprint density at radius 3 is 2.58 bits per heavy atom. The summed E-state index contributed by atoms with van der Waals surface area (Å²) in [5.41, 5.74) is -0.442. The highest BCUT2D eigenvalue weighted by atomic mass is 19.1. The lowest BCUT2D eigenvalue weighted by Gasteiger charge is -2.28. The van der Waals surface area contributed by atoms with Crippen LogP contribution in [-0.2, 0) is 4.79 Å². The number of ketones is 1. The van der Waals surface area contributed by atoms with Crippen LogP contribution in [0.2, 0.25) is 0 Å². The van der Waals surface area contributed by atoms with Crippen LogP contribution in [0.15, 0.2) is 11.6 Å². The Bertz CT molecular complexity index is 222. The van der Waals surface area contributed by atoms with Crippen molar-refractivity contribution < 1.29 is 9.18 Å². The SMILES string of the molecule is CC1=CC[C@H](C(C)(C)F)CC1=O. The van der Waals surface area contributed by atoms with Crippen LogP contribution in [0.25, 0.3) is 0 Å². The molecule has 1 aliphatic rings. The Morgan fingerprint density at radius 1 is 1.58 bits per heavy atom.